The summed E-state index contributed by atoms with van der Waals surface area (Å²) in [6, 6.07) is 8.21. The molecule has 0 saturated carbocycles. The highest BCUT2D eigenvalue weighted by Gasteiger charge is 2.09. The van der Waals surface area contributed by atoms with Gasteiger partial charge >= 0.3 is 0 Å². The van der Waals surface area contributed by atoms with Crippen molar-refractivity contribution in [3.05, 3.63) is 41.4 Å². The number of carbonyl (C=O) groups excluding carboxylic acids is 1. The molecule has 0 fully saturated rings. The summed E-state index contributed by atoms with van der Waals surface area (Å²) < 4.78 is 5.03. The van der Waals surface area contributed by atoms with Crippen LogP contribution in [-0.2, 0) is 11.2 Å². The molecule has 0 atom stereocenters. The summed E-state index contributed by atoms with van der Waals surface area (Å²) in [5.41, 5.74) is 1.91. The third-order valence-electron chi connectivity index (χ3n) is 3.50. The molecule has 6 nitrogen and oxygen atoms in total. The first-order chi connectivity index (χ1) is 12.1. The maximum Gasteiger partial charge on any atom is 0.226 e. The van der Waals surface area contributed by atoms with Crippen LogP contribution in [0.25, 0.3) is 11.3 Å². The van der Waals surface area contributed by atoms with Gasteiger partial charge in [0.15, 0.2) is 11.0 Å². The Hall–Kier alpha value is -2.19. The van der Waals surface area contributed by atoms with Gasteiger partial charge in [-0.2, -0.15) is 4.98 Å². The Morgan fingerprint density at radius 1 is 1.28 bits per heavy atom. The summed E-state index contributed by atoms with van der Waals surface area (Å²) in [6.07, 6.45) is 3.69. The number of benzene rings is 1. The molecule has 25 heavy (non-hydrogen) atoms. The molecule has 0 spiro atoms. The van der Waals surface area contributed by atoms with Gasteiger partial charge in [-0.05, 0) is 31.7 Å². The van der Waals surface area contributed by atoms with Crippen LogP contribution >= 0.6 is 23.1 Å². The number of thiazole rings is 1. The number of aromatic nitrogens is 3. The first-order valence-corrected chi connectivity index (χ1v) is 9.93. The molecule has 1 amide bonds. The van der Waals surface area contributed by atoms with Gasteiger partial charge in [-0.3, -0.25) is 4.79 Å². The average molecular weight is 374 g/mol. The van der Waals surface area contributed by atoms with Crippen molar-refractivity contribution in [2.45, 2.75) is 31.1 Å². The zero-order valence-electron chi connectivity index (χ0n) is 14.0. The second kappa shape index (κ2) is 8.26. The Kier molecular flexibility index (Phi) is 5.83. The van der Waals surface area contributed by atoms with Crippen molar-refractivity contribution in [2.75, 3.05) is 11.6 Å². The number of nitrogens with zero attached hydrogens (tertiary/aromatic N) is 3. The van der Waals surface area contributed by atoms with Crippen LogP contribution in [-0.4, -0.2) is 27.3 Å². The van der Waals surface area contributed by atoms with Crippen LogP contribution in [0.5, 0.6) is 0 Å². The molecule has 2 heterocycles. The third-order valence-corrected chi connectivity index (χ3v) is 5.00. The minimum atomic E-state index is -0.0603. The van der Waals surface area contributed by atoms with Crippen molar-refractivity contribution >= 4 is 34.1 Å². The third kappa shape index (κ3) is 4.90. The number of hydrogen-bond acceptors (Lipinski definition) is 7. The number of nitrogens with one attached hydrogen (secondary N) is 1. The Bertz CT molecular complexity index is 842. The van der Waals surface area contributed by atoms with Gasteiger partial charge in [0.2, 0.25) is 11.8 Å². The van der Waals surface area contributed by atoms with Gasteiger partial charge in [0.1, 0.15) is 0 Å². The van der Waals surface area contributed by atoms with Crippen LogP contribution < -0.4 is 5.32 Å². The summed E-state index contributed by atoms with van der Waals surface area (Å²) in [7, 11) is 0. The fourth-order valence-electron chi connectivity index (χ4n) is 2.25. The highest BCUT2D eigenvalue weighted by atomic mass is 32.2. The van der Waals surface area contributed by atoms with Crippen LogP contribution in [0.4, 0.5) is 5.13 Å². The fraction of sp³-hybridized carbons (Fsp3) is 0.294. The second-order valence-corrected chi connectivity index (χ2v) is 7.14. The van der Waals surface area contributed by atoms with E-state index in [4.69, 9.17) is 4.52 Å². The van der Waals surface area contributed by atoms with Gasteiger partial charge in [-0.25, -0.2) is 4.98 Å². The number of rotatable bonds is 7. The van der Waals surface area contributed by atoms with Gasteiger partial charge in [-0.1, -0.05) is 17.3 Å². The minimum Gasteiger partial charge on any atom is -0.339 e. The molecule has 0 aliphatic heterocycles. The molecular formula is C17H18N4O2S2. The van der Waals surface area contributed by atoms with E-state index in [1.54, 1.807) is 18.7 Å². The van der Waals surface area contributed by atoms with Gasteiger partial charge < -0.3 is 9.84 Å². The van der Waals surface area contributed by atoms with E-state index in [0.717, 1.165) is 11.3 Å². The lowest BCUT2D eigenvalue weighted by Gasteiger charge is -2.01. The molecule has 3 rings (SSSR count). The lowest BCUT2D eigenvalue weighted by Crippen LogP contribution is -2.11. The molecule has 2 aromatic heterocycles. The maximum absolute atomic E-state index is 12.0. The van der Waals surface area contributed by atoms with Crippen LogP contribution in [0.3, 0.4) is 0 Å². The van der Waals surface area contributed by atoms with Gasteiger partial charge in [0.05, 0.1) is 5.69 Å². The van der Waals surface area contributed by atoms with Crippen molar-refractivity contribution in [3.8, 4) is 11.3 Å². The zero-order valence-corrected chi connectivity index (χ0v) is 15.6. The number of amides is 1. The molecule has 0 unspecified atom stereocenters. The number of aryl methyl sites for hydroxylation is 2. The first kappa shape index (κ1) is 17.6. The lowest BCUT2D eigenvalue weighted by atomic mass is 10.2. The Labute approximate surface area is 154 Å². The van der Waals surface area contributed by atoms with Crippen LogP contribution in [0.15, 0.2) is 39.1 Å². The molecule has 130 valence electrons. The summed E-state index contributed by atoms with van der Waals surface area (Å²) in [5, 5.41) is 9.13. The number of hydrogen-bond donors (Lipinski definition) is 1. The monoisotopic (exact) mass is 374 g/mol. The number of anilines is 1. The van der Waals surface area contributed by atoms with E-state index < -0.39 is 0 Å². The second-order valence-electron chi connectivity index (χ2n) is 5.40. The molecule has 8 heteroatoms. The average Bonchev–Trinajstić information content (AvgIpc) is 3.24. The van der Waals surface area contributed by atoms with Crippen LogP contribution in [0.1, 0.15) is 24.6 Å². The SMILES string of the molecule is CSc1ccc(-c2csc(NC(=O)CCCc3nc(C)no3)n2)cc1. The summed E-state index contributed by atoms with van der Waals surface area (Å²) in [5.74, 6) is 1.12. The Morgan fingerprint density at radius 3 is 2.76 bits per heavy atom. The predicted molar refractivity (Wildman–Crippen MR) is 99.9 cm³/mol. The molecule has 0 radical (unpaired) electrons. The zero-order chi connectivity index (χ0) is 17.6. The van der Waals surface area contributed by atoms with Crippen molar-refractivity contribution in [3.63, 3.8) is 0 Å². The van der Waals surface area contributed by atoms with E-state index in [9.17, 15) is 4.79 Å². The van der Waals surface area contributed by atoms with Crippen LogP contribution in [0, 0.1) is 6.92 Å². The fourth-order valence-corrected chi connectivity index (χ4v) is 3.39. The molecule has 0 aliphatic carbocycles. The van der Waals surface area contributed by atoms with E-state index in [0.29, 0.717) is 36.1 Å². The van der Waals surface area contributed by atoms with Gasteiger partial charge in [0, 0.05) is 28.7 Å². The predicted octanol–water partition coefficient (Wildman–Crippen LogP) is 4.18. The summed E-state index contributed by atoms with van der Waals surface area (Å²) in [4.78, 5) is 21.8. The largest absolute Gasteiger partial charge is 0.339 e. The number of thioether (sulfide) groups is 1. The molecule has 0 aliphatic rings. The number of carbonyl (C=O) groups is 1. The maximum atomic E-state index is 12.0. The highest BCUT2D eigenvalue weighted by molar-refractivity contribution is 7.98. The smallest absolute Gasteiger partial charge is 0.226 e. The highest BCUT2D eigenvalue weighted by Crippen LogP contribution is 2.26. The lowest BCUT2D eigenvalue weighted by molar-refractivity contribution is -0.116. The Balaban J connectivity index is 1.50. The van der Waals surface area contributed by atoms with E-state index in [-0.39, 0.29) is 5.91 Å². The molecule has 1 aromatic carbocycles. The van der Waals surface area contributed by atoms with Crippen LogP contribution in [0.2, 0.25) is 0 Å². The van der Waals surface area contributed by atoms with Gasteiger partial charge in [0.25, 0.3) is 0 Å². The standard InChI is InChI=1S/C17H18N4O2S2/c1-11-18-16(23-21-11)5-3-4-15(22)20-17-19-14(10-25-17)12-6-8-13(24-2)9-7-12/h6-10H,3-5H2,1-2H3,(H,19,20,22). The molecule has 1 N–H and O–H groups in total. The van der Waals surface area contributed by atoms with Crippen molar-refractivity contribution < 1.29 is 9.32 Å². The van der Waals surface area contributed by atoms with Gasteiger partial charge in [-0.15, -0.1) is 23.1 Å². The van der Waals surface area contributed by atoms with E-state index in [1.165, 1.54) is 16.2 Å². The summed E-state index contributed by atoms with van der Waals surface area (Å²) >= 11 is 3.13. The minimum absolute atomic E-state index is 0.0603. The summed E-state index contributed by atoms with van der Waals surface area (Å²) in [6.45, 7) is 1.77. The quantitative estimate of drug-likeness (QED) is 0.625. The normalized spacial score (nSPS) is 10.8. The van der Waals surface area contributed by atoms with E-state index in [2.05, 4.69) is 32.6 Å². The van der Waals surface area contributed by atoms with Crippen molar-refractivity contribution in [2.24, 2.45) is 0 Å². The van der Waals surface area contributed by atoms with Crippen molar-refractivity contribution in [1.29, 1.82) is 0 Å². The molecule has 3 aromatic rings. The molecule has 0 bridgehead atoms. The van der Waals surface area contributed by atoms with E-state index >= 15 is 0 Å². The topological polar surface area (TPSA) is 80.9 Å². The molecular weight excluding hydrogens is 356 g/mol. The van der Waals surface area contributed by atoms with E-state index in [1.807, 2.05) is 23.8 Å². The first-order valence-electron chi connectivity index (χ1n) is 7.83. The van der Waals surface area contributed by atoms with Crippen molar-refractivity contribution in [1.82, 2.24) is 15.1 Å². The Morgan fingerprint density at radius 2 is 2.08 bits per heavy atom. The molecule has 0 saturated heterocycles.